The van der Waals surface area contributed by atoms with Crippen molar-refractivity contribution < 1.29 is 4.79 Å². The van der Waals surface area contributed by atoms with Crippen LogP contribution in [0.4, 0.5) is 11.4 Å². The van der Waals surface area contributed by atoms with Gasteiger partial charge in [-0.1, -0.05) is 13.0 Å². The van der Waals surface area contributed by atoms with Crippen molar-refractivity contribution in [3.8, 4) is 0 Å². The number of carbonyl (C=O) groups excluding carboxylic acids is 1. The molecule has 0 aliphatic heterocycles. The van der Waals surface area contributed by atoms with E-state index in [1.54, 1.807) is 0 Å². The predicted molar refractivity (Wildman–Crippen MR) is 85.4 cm³/mol. The maximum atomic E-state index is 11.1. The van der Waals surface area contributed by atoms with Crippen LogP contribution in [0, 0.1) is 0 Å². The van der Waals surface area contributed by atoms with Crippen molar-refractivity contribution in [2.45, 2.75) is 40.3 Å². The molecular formula is C16H22N4O. The number of nitrogens with one attached hydrogen (secondary N) is 2. The van der Waals surface area contributed by atoms with Crippen molar-refractivity contribution in [2.24, 2.45) is 0 Å². The Kier molecular flexibility index (Phi) is 4.98. The van der Waals surface area contributed by atoms with Gasteiger partial charge in [0.15, 0.2) is 0 Å². The molecule has 1 aromatic heterocycles. The van der Waals surface area contributed by atoms with Gasteiger partial charge in [0.05, 0.1) is 17.9 Å². The SMILES string of the molecule is CCc1cc(CNc2cccc(NC(C)=O)c2)n(CC)n1. The number of hydrogen-bond donors (Lipinski definition) is 2. The van der Waals surface area contributed by atoms with E-state index in [0.717, 1.165) is 30.0 Å². The number of nitrogens with zero attached hydrogens (tertiary/aromatic N) is 2. The van der Waals surface area contributed by atoms with Gasteiger partial charge in [-0.15, -0.1) is 0 Å². The lowest BCUT2D eigenvalue weighted by molar-refractivity contribution is -0.114. The molecule has 21 heavy (non-hydrogen) atoms. The third-order valence-corrected chi connectivity index (χ3v) is 3.23. The van der Waals surface area contributed by atoms with Gasteiger partial charge >= 0.3 is 0 Å². The highest BCUT2D eigenvalue weighted by Gasteiger charge is 2.05. The Morgan fingerprint density at radius 2 is 2.00 bits per heavy atom. The van der Waals surface area contributed by atoms with E-state index >= 15 is 0 Å². The van der Waals surface area contributed by atoms with Gasteiger partial charge in [-0.3, -0.25) is 9.48 Å². The maximum Gasteiger partial charge on any atom is 0.221 e. The number of anilines is 2. The Morgan fingerprint density at radius 3 is 2.67 bits per heavy atom. The quantitative estimate of drug-likeness (QED) is 0.858. The highest BCUT2D eigenvalue weighted by Crippen LogP contribution is 2.16. The molecule has 5 nitrogen and oxygen atoms in total. The zero-order valence-corrected chi connectivity index (χ0v) is 12.8. The number of benzene rings is 1. The number of carbonyl (C=O) groups is 1. The summed E-state index contributed by atoms with van der Waals surface area (Å²) >= 11 is 0. The van der Waals surface area contributed by atoms with Crippen LogP contribution in [0.2, 0.25) is 0 Å². The molecule has 0 atom stereocenters. The van der Waals surface area contributed by atoms with Crippen LogP contribution in [0.15, 0.2) is 30.3 Å². The van der Waals surface area contributed by atoms with Crippen molar-refractivity contribution in [1.29, 1.82) is 0 Å². The van der Waals surface area contributed by atoms with Crippen LogP contribution in [0.3, 0.4) is 0 Å². The minimum atomic E-state index is -0.0659. The molecular weight excluding hydrogens is 264 g/mol. The summed E-state index contributed by atoms with van der Waals surface area (Å²) in [5, 5.41) is 10.7. The monoisotopic (exact) mass is 286 g/mol. The summed E-state index contributed by atoms with van der Waals surface area (Å²) in [6.45, 7) is 7.28. The Balaban J connectivity index is 2.05. The number of aryl methyl sites for hydroxylation is 2. The van der Waals surface area contributed by atoms with E-state index in [4.69, 9.17) is 0 Å². The Labute approximate surface area is 125 Å². The molecule has 0 aliphatic carbocycles. The first kappa shape index (κ1) is 15.1. The molecule has 1 amide bonds. The first-order valence-corrected chi connectivity index (χ1v) is 7.29. The average Bonchev–Trinajstić information content (AvgIpc) is 2.87. The Morgan fingerprint density at radius 1 is 1.24 bits per heavy atom. The topological polar surface area (TPSA) is 58.9 Å². The summed E-state index contributed by atoms with van der Waals surface area (Å²) in [5.74, 6) is -0.0659. The molecule has 2 aromatic rings. The standard InChI is InChI=1S/C16H22N4O/c1-4-13-10-16(20(5-2)19-13)11-17-14-7-6-8-15(9-14)18-12(3)21/h6-10,17H,4-5,11H2,1-3H3,(H,18,21). The molecule has 0 radical (unpaired) electrons. The first-order chi connectivity index (χ1) is 10.1. The van der Waals surface area contributed by atoms with E-state index in [9.17, 15) is 4.79 Å². The van der Waals surface area contributed by atoms with Crippen LogP contribution in [0.5, 0.6) is 0 Å². The molecule has 0 spiro atoms. The van der Waals surface area contributed by atoms with Crippen molar-refractivity contribution in [1.82, 2.24) is 9.78 Å². The van der Waals surface area contributed by atoms with Crippen LogP contribution in [-0.2, 0) is 24.3 Å². The van der Waals surface area contributed by atoms with Gasteiger partial charge < -0.3 is 10.6 Å². The van der Waals surface area contributed by atoms with E-state index < -0.39 is 0 Å². The van der Waals surface area contributed by atoms with Gasteiger partial charge in [0, 0.05) is 24.8 Å². The van der Waals surface area contributed by atoms with Gasteiger partial charge in [0.1, 0.15) is 0 Å². The molecule has 0 aliphatic rings. The summed E-state index contributed by atoms with van der Waals surface area (Å²) < 4.78 is 2.02. The zero-order chi connectivity index (χ0) is 15.2. The molecule has 0 unspecified atom stereocenters. The van der Waals surface area contributed by atoms with E-state index in [2.05, 4.69) is 35.6 Å². The third kappa shape index (κ3) is 4.08. The highest BCUT2D eigenvalue weighted by atomic mass is 16.1. The fraction of sp³-hybridized carbons (Fsp3) is 0.375. The fourth-order valence-corrected chi connectivity index (χ4v) is 2.21. The summed E-state index contributed by atoms with van der Waals surface area (Å²) in [4.78, 5) is 11.1. The second-order valence-electron chi connectivity index (χ2n) is 4.91. The van der Waals surface area contributed by atoms with Crippen LogP contribution in [-0.4, -0.2) is 15.7 Å². The summed E-state index contributed by atoms with van der Waals surface area (Å²) in [7, 11) is 0. The highest BCUT2D eigenvalue weighted by molar-refractivity contribution is 5.89. The van der Waals surface area contributed by atoms with E-state index in [-0.39, 0.29) is 5.91 Å². The fourth-order valence-electron chi connectivity index (χ4n) is 2.21. The molecule has 5 heteroatoms. The molecule has 0 saturated heterocycles. The summed E-state index contributed by atoms with van der Waals surface area (Å²) in [6, 6.07) is 9.84. The molecule has 1 aromatic carbocycles. The summed E-state index contributed by atoms with van der Waals surface area (Å²) in [5.41, 5.74) is 4.05. The number of hydrogen-bond acceptors (Lipinski definition) is 3. The maximum absolute atomic E-state index is 11.1. The second-order valence-corrected chi connectivity index (χ2v) is 4.91. The Bertz CT molecular complexity index is 618. The van der Waals surface area contributed by atoms with E-state index in [0.29, 0.717) is 6.54 Å². The minimum Gasteiger partial charge on any atom is -0.379 e. The molecule has 0 saturated carbocycles. The molecule has 0 fully saturated rings. The van der Waals surface area contributed by atoms with Gasteiger partial charge in [0.2, 0.25) is 5.91 Å². The van der Waals surface area contributed by atoms with Crippen molar-refractivity contribution >= 4 is 17.3 Å². The second kappa shape index (κ2) is 6.92. The zero-order valence-electron chi connectivity index (χ0n) is 12.8. The van der Waals surface area contributed by atoms with Gasteiger partial charge in [-0.2, -0.15) is 5.10 Å². The van der Waals surface area contributed by atoms with Crippen LogP contribution in [0.1, 0.15) is 32.2 Å². The van der Waals surface area contributed by atoms with Crippen molar-refractivity contribution in [3.05, 3.63) is 41.7 Å². The van der Waals surface area contributed by atoms with Gasteiger partial charge in [0.25, 0.3) is 0 Å². The van der Waals surface area contributed by atoms with Crippen LogP contribution in [0.25, 0.3) is 0 Å². The van der Waals surface area contributed by atoms with Crippen LogP contribution >= 0.6 is 0 Å². The normalized spacial score (nSPS) is 10.4. The van der Waals surface area contributed by atoms with Crippen LogP contribution < -0.4 is 10.6 Å². The smallest absolute Gasteiger partial charge is 0.221 e. The molecule has 1 heterocycles. The number of amides is 1. The van der Waals surface area contributed by atoms with Gasteiger partial charge in [-0.25, -0.2) is 0 Å². The third-order valence-electron chi connectivity index (χ3n) is 3.23. The molecule has 0 bridgehead atoms. The number of aromatic nitrogens is 2. The first-order valence-electron chi connectivity index (χ1n) is 7.29. The molecule has 2 N–H and O–H groups in total. The van der Waals surface area contributed by atoms with E-state index in [1.165, 1.54) is 12.6 Å². The van der Waals surface area contributed by atoms with Crippen molar-refractivity contribution in [2.75, 3.05) is 10.6 Å². The lowest BCUT2D eigenvalue weighted by Crippen LogP contribution is -2.09. The lowest BCUT2D eigenvalue weighted by atomic mass is 10.2. The average molecular weight is 286 g/mol. The number of rotatable bonds is 6. The predicted octanol–water partition coefficient (Wildman–Crippen LogP) is 3.04. The lowest BCUT2D eigenvalue weighted by Gasteiger charge is -2.09. The van der Waals surface area contributed by atoms with Gasteiger partial charge in [-0.05, 0) is 37.6 Å². The largest absolute Gasteiger partial charge is 0.379 e. The minimum absolute atomic E-state index is 0.0659. The molecule has 112 valence electrons. The summed E-state index contributed by atoms with van der Waals surface area (Å²) in [6.07, 6.45) is 0.942. The molecule has 2 rings (SSSR count). The van der Waals surface area contributed by atoms with Crippen molar-refractivity contribution in [3.63, 3.8) is 0 Å². The van der Waals surface area contributed by atoms with E-state index in [1.807, 2.05) is 28.9 Å². The Hall–Kier alpha value is -2.30.